The van der Waals surface area contributed by atoms with Gasteiger partial charge in [-0.2, -0.15) is 0 Å². The first-order valence-corrected chi connectivity index (χ1v) is 5.21. The topological polar surface area (TPSA) is 18.5 Å². The van der Waals surface area contributed by atoms with Crippen LogP contribution in [0.4, 0.5) is 0 Å². The molecule has 0 aromatic heterocycles. The summed E-state index contributed by atoms with van der Waals surface area (Å²) in [5, 5.41) is 0. The lowest BCUT2D eigenvalue weighted by Gasteiger charge is -2.01. The largest absolute Gasteiger partial charge is 0.358 e. The molecule has 0 bridgehead atoms. The number of methoxy groups -OCH3 is 1. The average Bonchev–Trinajstić information content (AvgIpc) is 2.03. The van der Waals surface area contributed by atoms with E-state index in [0.717, 1.165) is 3.69 Å². The molecule has 10 heavy (non-hydrogen) atoms. The van der Waals surface area contributed by atoms with Crippen LogP contribution >= 0.6 is 20.7 Å². The molecule has 1 rings (SSSR count). The summed E-state index contributed by atoms with van der Waals surface area (Å²) >= 11 is -0.0166. The van der Waals surface area contributed by atoms with Gasteiger partial charge in [-0.3, -0.25) is 0 Å². The lowest BCUT2D eigenvalue weighted by molar-refractivity contribution is 0.0463. The lowest BCUT2D eigenvalue weighted by atomic mass is 10.5. The average molecular weight is 252 g/mol. The van der Waals surface area contributed by atoms with E-state index in [1.807, 2.05) is 18.2 Å². The van der Waals surface area contributed by atoms with E-state index >= 15 is 0 Å². The number of halogens is 1. The Morgan fingerprint density at radius 2 is 2.40 bits per heavy atom. The maximum Gasteiger partial charge on any atom is 0.152 e. The number of allylic oxidation sites excluding steroid dienone is 2. The Morgan fingerprint density at radius 1 is 1.50 bits per heavy atom. The molecule has 1 aliphatic rings. The van der Waals surface area contributed by atoms with Crippen molar-refractivity contribution in [3.63, 3.8) is 0 Å². The fourth-order valence-corrected chi connectivity index (χ4v) is 2.03. The zero-order valence-electron chi connectivity index (χ0n) is 5.71. The van der Waals surface area contributed by atoms with Gasteiger partial charge in [-0.05, 0) is 10.2 Å². The summed E-state index contributed by atoms with van der Waals surface area (Å²) < 4.78 is 13.2. The Balaban J connectivity index is 2.35. The Kier molecular flexibility index (Phi) is 3.86. The van der Waals surface area contributed by atoms with Crippen LogP contribution in [-0.4, -0.2) is 17.6 Å². The van der Waals surface area contributed by atoms with Crippen molar-refractivity contribution in [2.45, 2.75) is 0 Å². The van der Waals surface area contributed by atoms with Crippen LogP contribution in [0.2, 0.25) is 0 Å². The molecule has 0 unspecified atom stereocenters. The normalized spacial score (nSPS) is 16.3. The highest BCUT2D eigenvalue weighted by molar-refractivity contribution is 14.2. The standard InChI is InChI=1S/C7H9IO2/c1-9-6-10-7-4-2-3-5-8-7/h2-5H,6H2,1H3. The molecule has 2 nitrogen and oxygen atoms in total. The Labute approximate surface area is 70.3 Å². The minimum Gasteiger partial charge on any atom is -0.358 e. The number of ether oxygens (including phenoxy) is 2. The Hall–Kier alpha value is 0. The molecular weight excluding hydrogens is 243 g/mol. The minimum atomic E-state index is -0.0166. The molecule has 0 aliphatic carbocycles. The second-order valence-electron chi connectivity index (χ2n) is 1.64. The van der Waals surface area contributed by atoms with Gasteiger partial charge in [0, 0.05) is 7.11 Å². The minimum absolute atomic E-state index is 0.0166. The molecule has 1 aliphatic heterocycles. The van der Waals surface area contributed by atoms with Gasteiger partial charge in [-0.1, -0.05) is 32.9 Å². The summed E-state index contributed by atoms with van der Waals surface area (Å²) in [6.45, 7) is 0.368. The molecule has 0 amide bonds. The van der Waals surface area contributed by atoms with Gasteiger partial charge in [-0.25, -0.2) is 0 Å². The van der Waals surface area contributed by atoms with Gasteiger partial charge in [-0.15, -0.1) is 0 Å². The zero-order chi connectivity index (χ0) is 7.23. The van der Waals surface area contributed by atoms with Crippen LogP contribution in [0.1, 0.15) is 0 Å². The Bertz CT molecular complexity index is 182. The molecule has 0 aromatic carbocycles. The van der Waals surface area contributed by atoms with Crippen molar-refractivity contribution in [3.8, 4) is 0 Å². The molecule has 3 heteroatoms. The summed E-state index contributed by atoms with van der Waals surface area (Å²) in [6.07, 6.45) is 6.02. The van der Waals surface area contributed by atoms with Crippen LogP contribution < -0.4 is 0 Å². The first-order chi connectivity index (χ1) is 4.93. The summed E-state index contributed by atoms with van der Waals surface area (Å²) in [5.74, 6) is 0. The maximum atomic E-state index is 5.24. The fraction of sp³-hybridized carbons (Fsp3) is 0.286. The first-order valence-electron chi connectivity index (χ1n) is 2.89. The second-order valence-corrected chi connectivity index (χ2v) is 4.05. The van der Waals surface area contributed by atoms with Crippen LogP contribution in [0.3, 0.4) is 0 Å². The SMILES string of the molecule is COCOC1=IC=CC=C1. The van der Waals surface area contributed by atoms with Crippen LogP contribution in [0, 0.1) is 0 Å². The van der Waals surface area contributed by atoms with E-state index in [1.165, 1.54) is 0 Å². The molecule has 0 aromatic rings. The van der Waals surface area contributed by atoms with E-state index < -0.39 is 0 Å². The molecule has 0 saturated carbocycles. The molecule has 0 spiro atoms. The van der Waals surface area contributed by atoms with E-state index in [1.54, 1.807) is 7.11 Å². The predicted molar refractivity (Wildman–Crippen MR) is 50.3 cm³/mol. The van der Waals surface area contributed by atoms with E-state index in [2.05, 4.69) is 4.08 Å². The second kappa shape index (κ2) is 4.76. The summed E-state index contributed by atoms with van der Waals surface area (Å²) in [5.41, 5.74) is 0. The monoisotopic (exact) mass is 252 g/mol. The van der Waals surface area contributed by atoms with Crippen LogP contribution in [0.15, 0.2) is 22.3 Å². The molecule has 1 heterocycles. The van der Waals surface area contributed by atoms with E-state index in [0.29, 0.717) is 6.79 Å². The van der Waals surface area contributed by atoms with Gasteiger partial charge in [0.05, 0.1) is 0 Å². The molecule has 56 valence electrons. The van der Waals surface area contributed by atoms with Crippen molar-refractivity contribution >= 4 is 24.4 Å². The van der Waals surface area contributed by atoms with Crippen LogP contribution in [-0.2, 0) is 9.47 Å². The van der Waals surface area contributed by atoms with Gasteiger partial charge in [0.15, 0.2) is 6.79 Å². The molecule has 0 fully saturated rings. The van der Waals surface area contributed by atoms with Gasteiger partial charge in [0.25, 0.3) is 0 Å². The Morgan fingerprint density at radius 3 is 3.00 bits per heavy atom. The molecule has 0 N–H and O–H groups in total. The van der Waals surface area contributed by atoms with Gasteiger partial charge >= 0.3 is 0 Å². The molecule has 0 atom stereocenters. The predicted octanol–water partition coefficient (Wildman–Crippen LogP) is 1.79. The van der Waals surface area contributed by atoms with E-state index in [-0.39, 0.29) is 20.7 Å². The number of hydrogen-bond donors (Lipinski definition) is 0. The quantitative estimate of drug-likeness (QED) is 0.563. The fourth-order valence-electron chi connectivity index (χ4n) is 0.503. The lowest BCUT2D eigenvalue weighted by Crippen LogP contribution is -2.01. The summed E-state index contributed by atoms with van der Waals surface area (Å²) in [6, 6.07) is 0. The van der Waals surface area contributed by atoms with Crippen molar-refractivity contribution in [1.82, 2.24) is 0 Å². The molecule has 0 saturated heterocycles. The summed E-state index contributed by atoms with van der Waals surface area (Å²) in [7, 11) is 1.63. The third-order valence-corrected chi connectivity index (χ3v) is 2.96. The van der Waals surface area contributed by atoms with Crippen LogP contribution in [0.5, 0.6) is 0 Å². The zero-order valence-corrected chi connectivity index (χ0v) is 7.87. The van der Waals surface area contributed by atoms with Crippen molar-refractivity contribution in [2.24, 2.45) is 0 Å². The third-order valence-electron chi connectivity index (χ3n) is 0.896. The highest BCUT2D eigenvalue weighted by atomic mass is 127. The smallest absolute Gasteiger partial charge is 0.152 e. The van der Waals surface area contributed by atoms with Crippen LogP contribution in [0.25, 0.3) is 0 Å². The number of hydrogen-bond acceptors (Lipinski definition) is 2. The van der Waals surface area contributed by atoms with Crippen molar-refractivity contribution in [1.29, 1.82) is 0 Å². The van der Waals surface area contributed by atoms with Gasteiger partial charge in [0.1, 0.15) is 3.69 Å². The van der Waals surface area contributed by atoms with E-state index in [4.69, 9.17) is 9.47 Å². The summed E-state index contributed by atoms with van der Waals surface area (Å²) in [4.78, 5) is 0. The number of rotatable bonds is 3. The first kappa shape index (κ1) is 8.10. The van der Waals surface area contributed by atoms with Crippen molar-refractivity contribution in [3.05, 3.63) is 22.3 Å². The van der Waals surface area contributed by atoms with E-state index in [9.17, 15) is 0 Å². The molecular formula is C7H9IO2. The maximum absolute atomic E-state index is 5.24. The third kappa shape index (κ3) is 2.72. The van der Waals surface area contributed by atoms with Gasteiger partial charge < -0.3 is 9.47 Å². The van der Waals surface area contributed by atoms with Gasteiger partial charge in [0.2, 0.25) is 0 Å². The highest BCUT2D eigenvalue weighted by Gasteiger charge is 1.92. The van der Waals surface area contributed by atoms with Crippen molar-refractivity contribution in [2.75, 3.05) is 13.9 Å². The van der Waals surface area contributed by atoms with Crippen molar-refractivity contribution < 1.29 is 9.47 Å². The highest BCUT2D eigenvalue weighted by Crippen LogP contribution is 2.09. The molecule has 0 radical (unpaired) electrons.